The number of aromatic nitrogens is 2. The third kappa shape index (κ3) is 2.78. The zero-order valence-electron chi connectivity index (χ0n) is 16.6. The van der Waals surface area contributed by atoms with Gasteiger partial charge in [0.25, 0.3) is 22.2 Å². The largest absolute Gasteiger partial charge is 0.392 e. The zero-order valence-corrected chi connectivity index (χ0v) is 16.6. The molecule has 0 atom stereocenters. The van der Waals surface area contributed by atoms with Crippen molar-refractivity contribution in [1.29, 1.82) is 0 Å². The van der Waals surface area contributed by atoms with Crippen LogP contribution >= 0.6 is 0 Å². The molecule has 0 aliphatic carbocycles. The third-order valence-electron chi connectivity index (χ3n) is 5.65. The van der Waals surface area contributed by atoms with Crippen LogP contribution < -0.4 is 22.2 Å². The molecule has 0 fully saturated rings. The Balaban J connectivity index is 1.76. The van der Waals surface area contributed by atoms with Gasteiger partial charge in [-0.15, -0.1) is 0 Å². The van der Waals surface area contributed by atoms with Crippen LogP contribution in [-0.2, 0) is 13.2 Å². The molecule has 0 aliphatic heterocycles. The first-order valence-electron chi connectivity index (χ1n) is 9.80. The molecule has 2 aromatic heterocycles. The van der Waals surface area contributed by atoms with Gasteiger partial charge in [0, 0.05) is 0 Å². The molecule has 0 bridgehead atoms. The number of benzene rings is 3. The van der Waals surface area contributed by atoms with Crippen molar-refractivity contribution in [2.45, 2.75) is 13.2 Å². The van der Waals surface area contributed by atoms with Gasteiger partial charge in [-0.2, -0.15) is 0 Å². The standard InChI is InChI=1S/C24H16N2O6/c27-11-13-1-5-15(6-2-13)25-21(29)17-9-19-20(10-18(17)22(25)30)24(32)26(23(19)31)16-7-3-14(12-28)4-8-16/h1-10,27-28H,11-12H2. The molecule has 5 rings (SSSR count). The minimum Gasteiger partial charge on any atom is -0.392 e. The summed E-state index contributed by atoms with van der Waals surface area (Å²) in [6.07, 6.45) is 0. The molecule has 32 heavy (non-hydrogen) atoms. The first-order chi connectivity index (χ1) is 15.4. The smallest absolute Gasteiger partial charge is 0.266 e. The van der Waals surface area contributed by atoms with E-state index in [2.05, 4.69) is 0 Å². The van der Waals surface area contributed by atoms with Gasteiger partial charge in [-0.05, 0) is 47.5 Å². The van der Waals surface area contributed by atoms with Crippen molar-refractivity contribution in [2.24, 2.45) is 0 Å². The fourth-order valence-electron chi connectivity index (χ4n) is 3.94. The predicted molar refractivity (Wildman–Crippen MR) is 119 cm³/mol. The highest BCUT2D eigenvalue weighted by Crippen LogP contribution is 2.18. The lowest BCUT2D eigenvalue weighted by molar-refractivity contribution is 0.281. The van der Waals surface area contributed by atoms with E-state index in [4.69, 9.17) is 0 Å². The highest BCUT2D eigenvalue weighted by atomic mass is 16.3. The van der Waals surface area contributed by atoms with Crippen LogP contribution in [0.2, 0.25) is 0 Å². The third-order valence-corrected chi connectivity index (χ3v) is 5.65. The van der Waals surface area contributed by atoms with Crippen LogP contribution in [0.5, 0.6) is 0 Å². The zero-order chi connectivity index (χ0) is 22.6. The van der Waals surface area contributed by atoms with Gasteiger partial charge in [0.15, 0.2) is 0 Å². The Morgan fingerprint density at radius 3 is 1.03 bits per heavy atom. The maximum atomic E-state index is 13.0. The van der Waals surface area contributed by atoms with Gasteiger partial charge in [0.1, 0.15) is 0 Å². The Labute approximate surface area is 179 Å². The molecule has 0 radical (unpaired) electrons. The Morgan fingerprint density at radius 1 is 0.500 bits per heavy atom. The monoisotopic (exact) mass is 428 g/mol. The predicted octanol–water partition coefficient (Wildman–Crippen LogP) is 0.875. The molecular weight excluding hydrogens is 412 g/mol. The summed E-state index contributed by atoms with van der Waals surface area (Å²) in [6, 6.07) is 15.2. The number of nitrogens with zero attached hydrogens (tertiary/aromatic N) is 2. The molecule has 158 valence electrons. The van der Waals surface area contributed by atoms with Gasteiger partial charge in [-0.1, -0.05) is 24.3 Å². The van der Waals surface area contributed by atoms with E-state index in [-0.39, 0.29) is 34.8 Å². The number of aliphatic hydroxyl groups is 2. The van der Waals surface area contributed by atoms with Gasteiger partial charge in [0.05, 0.1) is 46.1 Å². The van der Waals surface area contributed by atoms with E-state index >= 15 is 0 Å². The second-order valence-electron chi connectivity index (χ2n) is 7.48. The summed E-state index contributed by atoms with van der Waals surface area (Å²) < 4.78 is 1.97. The van der Waals surface area contributed by atoms with Crippen LogP contribution in [0.15, 0.2) is 79.8 Å². The lowest BCUT2D eigenvalue weighted by atomic mass is 10.1. The summed E-state index contributed by atoms with van der Waals surface area (Å²) in [5.74, 6) is 0. The van der Waals surface area contributed by atoms with Crippen molar-refractivity contribution >= 4 is 21.5 Å². The van der Waals surface area contributed by atoms with Crippen molar-refractivity contribution < 1.29 is 10.2 Å². The molecule has 8 heteroatoms. The molecule has 0 aliphatic rings. The van der Waals surface area contributed by atoms with Crippen molar-refractivity contribution in [3.05, 3.63) is 113 Å². The van der Waals surface area contributed by atoms with E-state index in [1.807, 2.05) is 0 Å². The van der Waals surface area contributed by atoms with E-state index in [0.29, 0.717) is 22.5 Å². The quantitative estimate of drug-likeness (QED) is 0.439. The maximum Gasteiger partial charge on any atom is 0.266 e. The summed E-state index contributed by atoms with van der Waals surface area (Å²) in [7, 11) is 0. The highest BCUT2D eigenvalue weighted by Gasteiger charge is 2.20. The second kappa shape index (κ2) is 7.23. The van der Waals surface area contributed by atoms with Gasteiger partial charge in [-0.3, -0.25) is 19.2 Å². The van der Waals surface area contributed by atoms with E-state index in [1.165, 1.54) is 12.1 Å². The molecular formula is C24H16N2O6. The van der Waals surface area contributed by atoms with E-state index < -0.39 is 22.2 Å². The molecule has 0 unspecified atom stereocenters. The lowest BCUT2D eigenvalue weighted by Gasteiger charge is -2.01. The van der Waals surface area contributed by atoms with Crippen molar-refractivity contribution in [3.8, 4) is 11.4 Å². The summed E-state index contributed by atoms with van der Waals surface area (Å²) in [4.78, 5) is 52.0. The topological polar surface area (TPSA) is 119 Å². The fourth-order valence-corrected chi connectivity index (χ4v) is 3.94. The molecule has 0 saturated heterocycles. The Kier molecular flexibility index (Phi) is 4.47. The molecule has 2 N–H and O–H groups in total. The normalized spacial score (nSPS) is 11.6. The molecule has 0 saturated carbocycles. The highest BCUT2D eigenvalue weighted by molar-refractivity contribution is 5.98. The van der Waals surface area contributed by atoms with E-state index in [9.17, 15) is 29.4 Å². The Bertz CT molecular complexity index is 1500. The average molecular weight is 428 g/mol. The first kappa shape index (κ1) is 19.8. The summed E-state index contributed by atoms with van der Waals surface area (Å²) >= 11 is 0. The Hall–Kier alpha value is -4.14. The van der Waals surface area contributed by atoms with Gasteiger partial charge in [-0.25, -0.2) is 9.13 Å². The number of hydrogen-bond acceptors (Lipinski definition) is 6. The number of rotatable bonds is 4. The van der Waals surface area contributed by atoms with E-state index in [0.717, 1.165) is 9.13 Å². The summed E-state index contributed by atoms with van der Waals surface area (Å²) in [6.45, 7) is -0.336. The lowest BCUT2D eigenvalue weighted by Crippen LogP contribution is -2.24. The Morgan fingerprint density at radius 2 is 0.781 bits per heavy atom. The van der Waals surface area contributed by atoms with Crippen molar-refractivity contribution in [3.63, 3.8) is 0 Å². The number of aliphatic hydroxyl groups excluding tert-OH is 2. The molecule has 5 aromatic rings. The van der Waals surface area contributed by atoms with Gasteiger partial charge in [0.2, 0.25) is 0 Å². The second-order valence-corrected chi connectivity index (χ2v) is 7.48. The van der Waals surface area contributed by atoms with Crippen molar-refractivity contribution in [1.82, 2.24) is 9.13 Å². The molecule has 0 amide bonds. The molecule has 8 nitrogen and oxygen atoms in total. The van der Waals surface area contributed by atoms with Gasteiger partial charge >= 0.3 is 0 Å². The van der Waals surface area contributed by atoms with Crippen LogP contribution in [0.1, 0.15) is 11.1 Å². The molecule has 0 spiro atoms. The summed E-state index contributed by atoms with van der Waals surface area (Å²) in [5.41, 5.74) is -0.425. The van der Waals surface area contributed by atoms with Gasteiger partial charge < -0.3 is 10.2 Å². The SMILES string of the molecule is O=c1c2cc3c(=O)n(-c4ccc(CO)cc4)c(=O)c3cc2c(=O)n1-c1ccc(CO)cc1. The minimum absolute atomic E-state index is 0.0543. The fraction of sp³-hybridized carbons (Fsp3) is 0.0833. The molecule has 3 aromatic carbocycles. The average Bonchev–Trinajstić information content (AvgIpc) is 3.22. The van der Waals surface area contributed by atoms with Crippen LogP contribution in [-0.4, -0.2) is 19.3 Å². The van der Waals surface area contributed by atoms with Crippen LogP contribution in [0, 0.1) is 0 Å². The van der Waals surface area contributed by atoms with E-state index in [1.54, 1.807) is 48.5 Å². The first-order valence-corrected chi connectivity index (χ1v) is 9.80. The minimum atomic E-state index is -0.587. The van der Waals surface area contributed by atoms with Crippen molar-refractivity contribution in [2.75, 3.05) is 0 Å². The number of hydrogen-bond donors (Lipinski definition) is 2. The van der Waals surface area contributed by atoms with Crippen LogP contribution in [0.3, 0.4) is 0 Å². The molecule has 2 heterocycles. The van der Waals surface area contributed by atoms with Crippen LogP contribution in [0.25, 0.3) is 32.9 Å². The maximum absolute atomic E-state index is 13.0. The summed E-state index contributed by atoms with van der Waals surface area (Å²) in [5, 5.41) is 18.6. The number of fused-ring (bicyclic) bond motifs is 2. The van der Waals surface area contributed by atoms with Crippen LogP contribution in [0.4, 0.5) is 0 Å².